The molecule has 1 amide bonds. The van der Waals surface area contributed by atoms with E-state index in [0.717, 1.165) is 28.6 Å². The molecular formula is C17H24N2O. The Labute approximate surface area is 120 Å². The van der Waals surface area contributed by atoms with Gasteiger partial charge in [-0.05, 0) is 50.5 Å². The molecule has 0 aliphatic rings. The number of aromatic nitrogens is 1. The lowest BCUT2D eigenvalue weighted by Crippen LogP contribution is -2.36. The van der Waals surface area contributed by atoms with Crippen molar-refractivity contribution in [1.29, 1.82) is 0 Å². The summed E-state index contributed by atoms with van der Waals surface area (Å²) in [6.45, 7) is 10.5. The molecule has 0 aliphatic carbocycles. The van der Waals surface area contributed by atoms with E-state index in [1.165, 1.54) is 5.56 Å². The van der Waals surface area contributed by atoms with Crippen molar-refractivity contribution in [1.82, 2.24) is 10.3 Å². The molecule has 108 valence electrons. The van der Waals surface area contributed by atoms with Crippen molar-refractivity contribution in [2.75, 3.05) is 0 Å². The van der Waals surface area contributed by atoms with Gasteiger partial charge in [-0.25, -0.2) is 0 Å². The molecule has 0 bridgehead atoms. The molecule has 20 heavy (non-hydrogen) atoms. The number of amides is 1. The Hall–Kier alpha value is -1.77. The quantitative estimate of drug-likeness (QED) is 0.869. The molecule has 0 fully saturated rings. The Morgan fingerprint density at radius 3 is 2.65 bits per heavy atom. The van der Waals surface area contributed by atoms with Gasteiger partial charge >= 0.3 is 0 Å². The first-order valence-corrected chi connectivity index (χ1v) is 7.33. The molecule has 0 aliphatic heterocycles. The van der Waals surface area contributed by atoms with Crippen LogP contribution in [-0.4, -0.2) is 16.9 Å². The highest BCUT2D eigenvalue weighted by atomic mass is 16.1. The van der Waals surface area contributed by atoms with Crippen LogP contribution in [0.4, 0.5) is 0 Å². The van der Waals surface area contributed by atoms with Crippen LogP contribution >= 0.6 is 0 Å². The molecule has 0 radical (unpaired) electrons. The van der Waals surface area contributed by atoms with E-state index in [0.29, 0.717) is 5.92 Å². The van der Waals surface area contributed by atoms with Gasteiger partial charge < -0.3 is 10.3 Å². The predicted octanol–water partition coefficient (Wildman–Crippen LogP) is 3.95. The third-order valence-corrected chi connectivity index (χ3v) is 4.43. The zero-order valence-corrected chi connectivity index (χ0v) is 13.0. The molecule has 0 saturated carbocycles. The van der Waals surface area contributed by atoms with E-state index < -0.39 is 0 Å². The van der Waals surface area contributed by atoms with Crippen LogP contribution in [0.3, 0.4) is 0 Å². The molecule has 2 aromatic rings. The minimum absolute atomic E-state index is 0.0120. The van der Waals surface area contributed by atoms with Gasteiger partial charge in [0.2, 0.25) is 0 Å². The first-order chi connectivity index (χ1) is 9.43. The van der Waals surface area contributed by atoms with Crippen LogP contribution in [0.1, 0.15) is 48.8 Å². The van der Waals surface area contributed by atoms with Gasteiger partial charge in [-0.2, -0.15) is 0 Å². The maximum Gasteiger partial charge on any atom is 0.251 e. The molecule has 2 atom stereocenters. The minimum atomic E-state index is 0.0120. The number of benzene rings is 1. The largest absolute Gasteiger partial charge is 0.358 e. The second kappa shape index (κ2) is 5.70. The number of carbonyl (C=O) groups is 1. The summed E-state index contributed by atoms with van der Waals surface area (Å²) in [7, 11) is 0. The lowest BCUT2D eigenvalue weighted by molar-refractivity contribution is 0.0928. The second-order valence-electron chi connectivity index (χ2n) is 5.78. The summed E-state index contributed by atoms with van der Waals surface area (Å²) in [5.74, 6) is 0.497. The number of aromatic amines is 1. The Balaban J connectivity index is 2.24. The monoisotopic (exact) mass is 272 g/mol. The molecule has 0 saturated heterocycles. The normalized spacial score (nSPS) is 14.2. The Morgan fingerprint density at radius 1 is 1.30 bits per heavy atom. The van der Waals surface area contributed by atoms with Crippen molar-refractivity contribution in [3.63, 3.8) is 0 Å². The van der Waals surface area contributed by atoms with Gasteiger partial charge in [-0.3, -0.25) is 4.79 Å². The summed E-state index contributed by atoms with van der Waals surface area (Å²) in [5.41, 5.74) is 4.19. The average molecular weight is 272 g/mol. The summed E-state index contributed by atoms with van der Waals surface area (Å²) in [4.78, 5) is 15.6. The molecule has 1 heterocycles. The van der Waals surface area contributed by atoms with Crippen molar-refractivity contribution < 1.29 is 4.79 Å². The molecule has 0 spiro atoms. The van der Waals surface area contributed by atoms with Crippen LogP contribution in [0, 0.1) is 19.8 Å². The number of hydrogen-bond acceptors (Lipinski definition) is 1. The lowest BCUT2D eigenvalue weighted by Gasteiger charge is -2.19. The molecular weight excluding hydrogens is 248 g/mol. The molecule has 1 aromatic carbocycles. The summed E-state index contributed by atoms with van der Waals surface area (Å²) >= 11 is 0. The fraction of sp³-hybridized carbons (Fsp3) is 0.471. The number of nitrogens with one attached hydrogen (secondary N) is 2. The van der Waals surface area contributed by atoms with Crippen molar-refractivity contribution in [3.05, 3.63) is 35.0 Å². The highest BCUT2D eigenvalue weighted by Crippen LogP contribution is 2.22. The standard InChI is InChI=1S/C17H24N2O/c1-6-10(2)12(4)19-17(20)14-7-8-16-15(9-14)11(3)13(5)18-16/h7-10,12,18H,6H2,1-5H3,(H,19,20). The average Bonchev–Trinajstić information content (AvgIpc) is 2.72. The van der Waals surface area contributed by atoms with Gasteiger partial charge in [0.25, 0.3) is 5.91 Å². The zero-order chi connectivity index (χ0) is 14.9. The van der Waals surface area contributed by atoms with E-state index in [1.54, 1.807) is 0 Å². The third-order valence-electron chi connectivity index (χ3n) is 4.43. The second-order valence-corrected chi connectivity index (χ2v) is 5.78. The fourth-order valence-corrected chi connectivity index (χ4v) is 2.39. The van der Waals surface area contributed by atoms with E-state index in [4.69, 9.17) is 0 Å². The molecule has 1 aromatic heterocycles. The number of carbonyl (C=O) groups excluding carboxylic acids is 1. The fourth-order valence-electron chi connectivity index (χ4n) is 2.39. The number of rotatable bonds is 4. The summed E-state index contributed by atoms with van der Waals surface area (Å²) < 4.78 is 0. The van der Waals surface area contributed by atoms with E-state index in [9.17, 15) is 4.79 Å². The minimum Gasteiger partial charge on any atom is -0.358 e. The number of fused-ring (bicyclic) bond motifs is 1. The van der Waals surface area contributed by atoms with Gasteiger partial charge in [0.1, 0.15) is 0 Å². The van der Waals surface area contributed by atoms with Gasteiger partial charge in [-0.15, -0.1) is 0 Å². The Kier molecular flexibility index (Phi) is 4.17. The Morgan fingerprint density at radius 2 is 2.00 bits per heavy atom. The van der Waals surface area contributed by atoms with Crippen LogP contribution in [0.15, 0.2) is 18.2 Å². The van der Waals surface area contributed by atoms with E-state index in [-0.39, 0.29) is 11.9 Å². The lowest BCUT2D eigenvalue weighted by atomic mass is 10.0. The molecule has 2 N–H and O–H groups in total. The van der Waals surface area contributed by atoms with Crippen LogP contribution in [-0.2, 0) is 0 Å². The highest BCUT2D eigenvalue weighted by molar-refractivity contribution is 5.99. The first-order valence-electron chi connectivity index (χ1n) is 7.33. The van der Waals surface area contributed by atoms with E-state index >= 15 is 0 Å². The van der Waals surface area contributed by atoms with Crippen molar-refractivity contribution in [3.8, 4) is 0 Å². The van der Waals surface area contributed by atoms with Gasteiger partial charge in [-0.1, -0.05) is 20.3 Å². The van der Waals surface area contributed by atoms with Gasteiger partial charge in [0.15, 0.2) is 0 Å². The number of aryl methyl sites for hydroxylation is 2. The third kappa shape index (κ3) is 2.72. The van der Waals surface area contributed by atoms with Gasteiger partial charge in [0.05, 0.1) is 0 Å². The molecule has 2 unspecified atom stereocenters. The molecule has 2 rings (SSSR count). The van der Waals surface area contributed by atoms with Crippen LogP contribution in [0.25, 0.3) is 10.9 Å². The number of hydrogen-bond donors (Lipinski definition) is 2. The maximum absolute atomic E-state index is 12.3. The van der Waals surface area contributed by atoms with Crippen LogP contribution in [0.5, 0.6) is 0 Å². The maximum atomic E-state index is 12.3. The Bertz CT molecular complexity index is 627. The molecule has 3 heteroatoms. The number of H-pyrrole nitrogens is 1. The molecule has 3 nitrogen and oxygen atoms in total. The van der Waals surface area contributed by atoms with E-state index in [1.807, 2.05) is 18.2 Å². The van der Waals surface area contributed by atoms with Crippen molar-refractivity contribution in [2.24, 2.45) is 5.92 Å². The van der Waals surface area contributed by atoms with Crippen LogP contribution < -0.4 is 5.32 Å². The summed E-state index contributed by atoms with van der Waals surface area (Å²) in [5, 5.41) is 4.22. The predicted molar refractivity (Wildman–Crippen MR) is 84.2 cm³/mol. The topological polar surface area (TPSA) is 44.9 Å². The van der Waals surface area contributed by atoms with Gasteiger partial charge in [0, 0.05) is 28.2 Å². The van der Waals surface area contributed by atoms with Crippen molar-refractivity contribution >= 4 is 16.8 Å². The first kappa shape index (κ1) is 14.6. The van der Waals surface area contributed by atoms with E-state index in [2.05, 4.69) is 44.9 Å². The highest BCUT2D eigenvalue weighted by Gasteiger charge is 2.15. The summed E-state index contributed by atoms with van der Waals surface area (Å²) in [6, 6.07) is 6.04. The smallest absolute Gasteiger partial charge is 0.251 e. The van der Waals surface area contributed by atoms with Crippen LogP contribution in [0.2, 0.25) is 0 Å². The van der Waals surface area contributed by atoms with Crippen molar-refractivity contribution in [2.45, 2.75) is 47.1 Å². The SMILES string of the molecule is CCC(C)C(C)NC(=O)c1ccc2[nH]c(C)c(C)c2c1. The summed E-state index contributed by atoms with van der Waals surface area (Å²) in [6.07, 6.45) is 1.07. The zero-order valence-electron chi connectivity index (χ0n) is 13.0.